The molecule has 3 atom stereocenters. The van der Waals surface area contributed by atoms with Crippen molar-refractivity contribution in [1.29, 1.82) is 0 Å². The smallest absolute Gasteiger partial charge is 0.280 e. The van der Waals surface area contributed by atoms with Crippen molar-refractivity contribution in [3.8, 4) is 0 Å². The van der Waals surface area contributed by atoms with Gasteiger partial charge in [-0.05, 0) is 48.4 Å². The van der Waals surface area contributed by atoms with E-state index in [4.69, 9.17) is 4.74 Å². The summed E-state index contributed by atoms with van der Waals surface area (Å²) in [5.41, 5.74) is 0.996. The van der Waals surface area contributed by atoms with Crippen molar-refractivity contribution in [3.63, 3.8) is 0 Å². The van der Waals surface area contributed by atoms with E-state index >= 15 is 0 Å². The number of aryl methyl sites for hydroxylation is 1. The van der Waals surface area contributed by atoms with Gasteiger partial charge in [0.25, 0.3) is 10.0 Å². The first-order chi connectivity index (χ1) is 15.1. The molecule has 2 aromatic heterocycles. The number of morpholine rings is 1. The highest BCUT2D eigenvalue weighted by atomic mass is 32.2. The SMILES string of the molecule is Cc1c(N(N2CCOC3C(CC4CC4)C32)S(=O)(=O)c2cccnc2)sc2ccccc12. The maximum absolute atomic E-state index is 14.0. The van der Waals surface area contributed by atoms with E-state index in [2.05, 4.69) is 22.1 Å². The molecule has 0 spiro atoms. The molecule has 1 aliphatic heterocycles. The van der Waals surface area contributed by atoms with E-state index in [1.807, 2.05) is 19.1 Å². The monoisotopic (exact) mass is 455 g/mol. The second-order valence-electron chi connectivity index (χ2n) is 8.80. The number of hydrogen-bond acceptors (Lipinski definition) is 6. The van der Waals surface area contributed by atoms with E-state index in [0.29, 0.717) is 19.1 Å². The summed E-state index contributed by atoms with van der Waals surface area (Å²) in [5.74, 6) is 1.20. The van der Waals surface area contributed by atoms with Crippen LogP contribution in [0.5, 0.6) is 0 Å². The second kappa shape index (κ2) is 7.27. The van der Waals surface area contributed by atoms with Gasteiger partial charge in [0.05, 0.1) is 18.8 Å². The lowest BCUT2D eigenvalue weighted by molar-refractivity contribution is 0.0327. The van der Waals surface area contributed by atoms with Crippen LogP contribution in [0, 0.1) is 18.8 Å². The Morgan fingerprint density at radius 2 is 2.06 bits per heavy atom. The molecule has 3 unspecified atom stereocenters. The van der Waals surface area contributed by atoms with E-state index in [9.17, 15) is 8.42 Å². The van der Waals surface area contributed by atoms with E-state index in [-0.39, 0.29) is 17.0 Å². The Hall–Kier alpha value is -2.00. The van der Waals surface area contributed by atoms with Crippen molar-refractivity contribution in [3.05, 3.63) is 54.4 Å². The maximum atomic E-state index is 14.0. The number of ether oxygens (including phenoxy) is 1. The largest absolute Gasteiger partial charge is 0.375 e. The fraction of sp³-hybridized carbons (Fsp3) is 0.435. The van der Waals surface area contributed by atoms with Crippen LogP contribution in [-0.4, -0.2) is 43.7 Å². The minimum absolute atomic E-state index is 0.116. The van der Waals surface area contributed by atoms with Gasteiger partial charge >= 0.3 is 0 Å². The molecule has 0 bridgehead atoms. The molecule has 3 fully saturated rings. The number of hydrogen-bond donors (Lipinski definition) is 0. The maximum Gasteiger partial charge on any atom is 0.280 e. The number of thiophene rings is 1. The molecule has 3 heterocycles. The minimum Gasteiger partial charge on any atom is -0.375 e. The Morgan fingerprint density at radius 1 is 1.23 bits per heavy atom. The molecule has 3 aromatic rings. The van der Waals surface area contributed by atoms with E-state index in [0.717, 1.165) is 33.0 Å². The first-order valence-corrected chi connectivity index (χ1v) is 13.1. The standard InChI is InChI=1S/C23H25N3O3S2/c1-15-18-6-2-3-7-20(18)30-23(15)26(31(27,28)17-5-4-10-24-14-17)25-11-12-29-22-19(21(22)25)13-16-8-9-16/h2-7,10,14,16,19,21-22H,8-9,11-13H2,1H3. The number of rotatable bonds is 6. The Labute approximate surface area is 186 Å². The normalized spacial score (nSPS) is 26.0. The second-order valence-corrected chi connectivity index (χ2v) is 11.6. The van der Waals surface area contributed by atoms with Gasteiger partial charge in [-0.1, -0.05) is 31.0 Å². The van der Waals surface area contributed by atoms with Crippen LogP contribution in [-0.2, 0) is 14.8 Å². The lowest BCUT2D eigenvalue weighted by Gasteiger charge is -2.37. The molecule has 8 heteroatoms. The number of aromatic nitrogens is 1. The van der Waals surface area contributed by atoms with Crippen molar-refractivity contribution in [2.24, 2.45) is 11.8 Å². The van der Waals surface area contributed by atoms with Gasteiger partial charge in [0.1, 0.15) is 9.90 Å². The number of anilines is 1. The van der Waals surface area contributed by atoms with Crippen molar-refractivity contribution >= 4 is 36.4 Å². The van der Waals surface area contributed by atoms with E-state index in [1.54, 1.807) is 22.7 Å². The Balaban J connectivity index is 1.47. The summed E-state index contributed by atoms with van der Waals surface area (Å²) in [7, 11) is -3.81. The van der Waals surface area contributed by atoms with Crippen molar-refractivity contribution in [1.82, 2.24) is 9.99 Å². The van der Waals surface area contributed by atoms with Crippen molar-refractivity contribution in [2.75, 3.05) is 17.6 Å². The van der Waals surface area contributed by atoms with Crippen LogP contribution < -0.4 is 4.41 Å². The van der Waals surface area contributed by atoms with Gasteiger partial charge in [-0.25, -0.2) is 0 Å². The fourth-order valence-corrected chi connectivity index (χ4v) is 7.90. The fourth-order valence-electron chi connectivity index (χ4n) is 4.90. The summed E-state index contributed by atoms with van der Waals surface area (Å²) >= 11 is 1.54. The Kier molecular flexibility index (Phi) is 4.61. The quantitative estimate of drug-likeness (QED) is 0.557. The average Bonchev–Trinajstić information content (AvgIpc) is 3.71. The molecule has 6 nitrogen and oxygen atoms in total. The summed E-state index contributed by atoms with van der Waals surface area (Å²) < 4.78 is 36.7. The Bertz CT molecular complexity index is 1220. The number of fused-ring (bicyclic) bond motifs is 2. The van der Waals surface area contributed by atoms with Crippen LogP contribution >= 0.6 is 11.3 Å². The predicted molar refractivity (Wildman–Crippen MR) is 122 cm³/mol. The van der Waals surface area contributed by atoms with Crippen molar-refractivity contribution < 1.29 is 13.2 Å². The molecule has 2 saturated carbocycles. The number of nitrogens with zero attached hydrogens (tertiary/aromatic N) is 3. The summed E-state index contributed by atoms with van der Waals surface area (Å²) in [5, 5.41) is 3.94. The van der Waals surface area contributed by atoms with Crippen LogP contribution in [0.4, 0.5) is 5.00 Å². The van der Waals surface area contributed by atoms with E-state index in [1.165, 1.54) is 30.4 Å². The zero-order valence-corrected chi connectivity index (χ0v) is 19.0. The minimum atomic E-state index is -3.81. The highest BCUT2D eigenvalue weighted by molar-refractivity contribution is 7.93. The van der Waals surface area contributed by atoms with Gasteiger partial charge in [-0.15, -0.1) is 11.3 Å². The summed E-state index contributed by atoms with van der Waals surface area (Å²) in [6, 6.07) is 11.5. The lowest BCUT2D eigenvalue weighted by Crippen LogP contribution is -2.52. The number of benzene rings is 1. The first-order valence-electron chi connectivity index (χ1n) is 10.9. The molecule has 162 valence electrons. The molecule has 0 N–H and O–H groups in total. The first kappa shape index (κ1) is 19.7. The van der Waals surface area contributed by atoms with Gasteiger partial charge in [0.2, 0.25) is 0 Å². The van der Waals surface area contributed by atoms with Gasteiger partial charge in [-0.3, -0.25) is 4.98 Å². The zero-order valence-electron chi connectivity index (χ0n) is 17.3. The van der Waals surface area contributed by atoms with Gasteiger partial charge in [0.15, 0.2) is 0 Å². The third kappa shape index (κ3) is 3.28. The topological polar surface area (TPSA) is 62.7 Å². The molecular weight excluding hydrogens is 430 g/mol. The molecule has 1 saturated heterocycles. The van der Waals surface area contributed by atoms with E-state index < -0.39 is 10.0 Å². The third-order valence-corrected chi connectivity index (χ3v) is 9.77. The van der Waals surface area contributed by atoms with Crippen molar-refractivity contribution in [2.45, 2.75) is 43.2 Å². The summed E-state index contributed by atoms with van der Waals surface area (Å²) in [6.07, 6.45) is 6.91. The highest BCUT2D eigenvalue weighted by Gasteiger charge is 2.60. The lowest BCUT2D eigenvalue weighted by atomic mass is 10.2. The third-order valence-electron chi connectivity index (χ3n) is 6.72. The van der Waals surface area contributed by atoms with Gasteiger partial charge < -0.3 is 4.74 Å². The summed E-state index contributed by atoms with van der Waals surface area (Å²) in [4.78, 5) is 4.30. The van der Waals surface area contributed by atoms with Crippen LogP contribution in [0.1, 0.15) is 24.8 Å². The Morgan fingerprint density at radius 3 is 2.81 bits per heavy atom. The molecule has 0 amide bonds. The molecule has 3 aliphatic rings. The zero-order chi connectivity index (χ0) is 21.2. The molecule has 0 radical (unpaired) electrons. The van der Waals surface area contributed by atoms with Crippen LogP contribution in [0.25, 0.3) is 10.1 Å². The number of sulfonamides is 1. The number of hydrazine groups is 1. The van der Waals surface area contributed by atoms with Crippen LogP contribution in [0.3, 0.4) is 0 Å². The van der Waals surface area contributed by atoms with Gasteiger partial charge in [0, 0.05) is 29.6 Å². The highest BCUT2D eigenvalue weighted by Crippen LogP contribution is 2.52. The molecule has 1 aromatic carbocycles. The molecular formula is C23H25N3O3S2. The molecule has 2 aliphatic carbocycles. The molecule has 6 rings (SSSR count). The average molecular weight is 456 g/mol. The van der Waals surface area contributed by atoms with Crippen LogP contribution in [0.15, 0.2) is 53.7 Å². The van der Waals surface area contributed by atoms with Crippen LogP contribution in [0.2, 0.25) is 0 Å². The van der Waals surface area contributed by atoms with Gasteiger partial charge in [-0.2, -0.15) is 17.8 Å². The summed E-state index contributed by atoms with van der Waals surface area (Å²) in [6.45, 7) is 3.13. The predicted octanol–water partition coefficient (Wildman–Crippen LogP) is 4.21. The molecule has 31 heavy (non-hydrogen) atoms. The number of pyridine rings is 1.